The molecule has 0 saturated heterocycles. The molecule has 0 saturated carbocycles. The Morgan fingerprint density at radius 1 is 1.31 bits per heavy atom. The molecule has 0 aliphatic carbocycles. The molecule has 26 heavy (non-hydrogen) atoms. The van der Waals surface area contributed by atoms with Crippen molar-refractivity contribution < 1.29 is 19.0 Å². The fourth-order valence-electron chi connectivity index (χ4n) is 2.64. The highest BCUT2D eigenvalue weighted by Crippen LogP contribution is 2.33. The van der Waals surface area contributed by atoms with Gasteiger partial charge in [-0.15, -0.1) is 0 Å². The van der Waals surface area contributed by atoms with Crippen LogP contribution in [0, 0.1) is 0 Å². The minimum absolute atomic E-state index is 0.263. The van der Waals surface area contributed by atoms with E-state index in [9.17, 15) is 4.79 Å². The number of ether oxygens (including phenoxy) is 3. The summed E-state index contributed by atoms with van der Waals surface area (Å²) in [7, 11) is 1.59. The van der Waals surface area contributed by atoms with Gasteiger partial charge in [0.2, 0.25) is 5.91 Å². The highest BCUT2D eigenvalue weighted by molar-refractivity contribution is 6.32. The van der Waals surface area contributed by atoms with E-state index in [1.807, 2.05) is 18.2 Å². The van der Waals surface area contributed by atoms with Crippen molar-refractivity contribution in [2.45, 2.75) is 6.42 Å². The first kappa shape index (κ1) is 18.3. The molecule has 6 heteroatoms. The van der Waals surface area contributed by atoms with Gasteiger partial charge in [-0.25, -0.2) is 0 Å². The van der Waals surface area contributed by atoms with E-state index in [0.717, 1.165) is 23.3 Å². The van der Waals surface area contributed by atoms with E-state index in [4.69, 9.17) is 25.8 Å². The van der Waals surface area contributed by atoms with Crippen LogP contribution in [0.5, 0.6) is 11.5 Å². The van der Waals surface area contributed by atoms with Crippen LogP contribution < -0.4 is 14.8 Å². The van der Waals surface area contributed by atoms with Gasteiger partial charge in [-0.3, -0.25) is 4.79 Å². The van der Waals surface area contributed by atoms with Gasteiger partial charge < -0.3 is 19.5 Å². The van der Waals surface area contributed by atoms with Gasteiger partial charge in [0.1, 0.15) is 12.4 Å². The van der Waals surface area contributed by atoms with E-state index in [1.165, 1.54) is 6.08 Å². The standard InChI is InChI=1S/C20H20ClNO4/c1-24-11-12-26-20-16(21)3-2-4-17(20)22-19(23)8-6-14-5-7-18-15(13-14)9-10-25-18/h2-8,13H,9-12H2,1H3,(H,22,23)/b8-6+. The largest absolute Gasteiger partial charge is 0.493 e. The van der Waals surface area contributed by atoms with Crippen molar-refractivity contribution in [1.29, 1.82) is 0 Å². The zero-order valence-corrected chi connectivity index (χ0v) is 15.2. The molecule has 1 aliphatic rings. The Kier molecular flexibility index (Phi) is 6.15. The third-order valence-electron chi connectivity index (χ3n) is 3.90. The van der Waals surface area contributed by atoms with Crippen LogP contribution in [-0.4, -0.2) is 32.8 Å². The van der Waals surface area contributed by atoms with Crippen molar-refractivity contribution in [2.24, 2.45) is 0 Å². The summed E-state index contributed by atoms with van der Waals surface area (Å²) >= 11 is 6.17. The summed E-state index contributed by atoms with van der Waals surface area (Å²) in [5.41, 5.74) is 2.63. The number of methoxy groups -OCH3 is 1. The van der Waals surface area contributed by atoms with Crippen LogP contribution in [0.1, 0.15) is 11.1 Å². The lowest BCUT2D eigenvalue weighted by molar-refractivity contribution is -0.111. The molecule has 0 spiro atoms. The predicted molar refractivity (Wildman–Crippen MR) is 102 cm³/mol. The molecule has 5 nitrogen and oxygen atoms in total. The van der Waals surface area contributed by atoms with Gasteiger partial charge in [0, 0.05) is 19.6 Å². The van der Waals surface area contributed by atoms with E-state index < -0.39 is 0 Å². The van der Waals surface area contributed by atoms with Crippen molar-refractivity contribution in [3.05, 3.63) is 58.6 Å². The van der Waals surface area contributed by atoms with Crippen LogP contribution in [0.3, 0.4) is 0 Å². The zero-order chi connectivity index (χ0) is 18.4. The van der Waals surface area contributed by atoms with E-state index in [-0.39, 0.29) is 5.91 Å². The number of amides is 1. The Morgan fingerprint density at radius 2 is 2.19 bits per heavy atom. The minimum atomic E-state index is -0.263. The molecular weight excluding hydrogens is 354 g/mol. The maximum atomic E-state index is 12.3. The highest BCUT2D eigenvalue weighted by Gasteiger charge is 2.12. The number of carbonyl (C=O) groups excluding carboxylic acids is 1. The second-order valence-electron chi connectivity index (χ2n) is 5.75. The minimum Gasteiger partial charge on any atom is -0.493 e. The van der Waals surface area contributed by atoms with E-state index in [0.29, 0.717) is 36.3 Å². The summed E-state index contributed by atoms with van der Waals surface area (Å²) in [4.78, 5) is 12.3. The van der Waals surface area contributed by atoms with E-state index >= 15 is 0 Å². The lowest BCUT2D eigenvalue weighted by Gasteiger charge is -2.13. The molecule has 1 N–H and O–H groups in total. The number of para-hydroxylation sites is 1. The third kappa shape index (κ3) is 4.56. The second-order valence-corrected chi connectivity index (χ2v) is 6.15. The molecule has 0 fully saturated rings. The molecule has 1 aliphatic heterocycles. The van der Waals surface area contributed by atoms with Crippen LogP contribution in [0.15, 0.2) is 42.5 Å². The molecule has 0 bridgehead atoms. The van der Waals surface area contributed by atoms with Gasteiger partial charge in [0.25, 0.3) is 0 Å². The molecule has 1 heterocycles. The normalized spacial score (nSPS) is 12.7. The summed E-state index contributed by atoms with van der Waals surface area (Å²) in [6, 6.07) is 11.1. The topological polar surface area (TPSA) is 56.8 Å². The summed E-state index contributed by atoms with van der Waals surface area (Å²) in [6.45, 7) is 1.49. The highest BCUT2D eigenvalue weighted by atomic mass is 35.5. The van der Waals surface area contributed by atoms with Crippen LogP contribution in [0.4, 0.5) is 5.69 Å². The molecule has 2 aromatic carbocycles. The molecule has 0 radical (unpaired) electrons. The molecule has 0 unspecified atom stereocenters. The first-order valence-corrected chi connectivity index (χ1v) is 8.70. The number of carbonyl (C=O) groups is 1. The number of hydrogen-bond acceptors (Lipinski definition) is 4. The van der Waals surface area contributed by atoms with Crippen LogP contribution >= 0.6 is 11.6 Å². The predicted octanol–water partition coefficient (Wildman–Crippen LogP) is 3.95. The van der Waals surface area contributed by atoms with Crippen LogP contribution in [0.2, 0.25) is 5.02 Å². The number of rotatable bonds is 7. The first-order chi connectivity index (χ1) is 12.7. The molecular formula is C20H20ClNO4. The fraction of sp³-hybridized carbons (Fsp3) is 0.250. The van der Waals surface area contributed by atoms with Gasteiger partial charge in [0.15, 0.2) is 5.75 Å². The molecule has 1 amide bonds. The quantitative estimate of drug-likeness (QED) is 0.589. The number of hydrogen-bond donors (Lipinski definition) is 1. The molecule has 2 aromatic rings. The number of benzene rings is 2. The summed E-state index contributed by atoms with van der Waals surface area (Å²) in [5.74, 6) is 1.09. The molecule has 3 rings (SSSR count). The number of anilines is 1. The average Bonchev–Trinajstić information content (AvgIpc) is 3.10. The number of nitrogens with one attached hydrogen (secondary N) is 1. The van der Waals surface area contributed by atoms with Gasteiger partial charge in [-0.2, -0.15) is 0 Å². The molecule has 0 atom stereocenters. The Labute approximate surface area is 157 Å². The third-order valence-corrected chi connectivity index (χ3v) is 4.20. The molecule has 136 valence electrons. The summed E-state index contributed by atoms with van der Waals surface area (Å²) in [6.07, 6.45) is 4.15. The maximum absolute atomic E-state index is 12.3. The lowest BCUT2D eigenvalue weighted by atomic mass is 10.1. The van der Waals surface area contributed by atoms with Gasteiger partial charge in [-0.1, -0.05) is 23.7 Å². The van der Waals surface area contributed by atoms with Gasteiger partial charge >= 0.3 is 0 Å². The SMILES string of the molecule is COCCOc1c(Cl)cccc1NC(=O)/C=C/c1ccc2c(c1)CCO2. The number of halogens is 1. The lowest BCUT2D eigenvalue weighted by Crippen LogP contribution is -2.11. The van der Waals surface area contributed by atoms with Crippen molar-refractivity contribution in [3.8, 4) is 11.5 Å². The van der Waals surface area contributed by atoms with E-state index in [1.54, 1.807) is 31.4 Å². The summed E-state index contributed by atoms with van der Waals surface area (Å²) < 4.78 is 16.1. The zero-order valence-electron chi connectivity index (χ0n) is 14.5. The van der Waals surface area contributed by atoms with Crippen molar-refractivity contribution in [2.75, 3.05) is 32.2 Å². The Hall–Kier alpha value is -2.50. The first-order valence-electron chi connectivity index (χ1n) is 8.32. The smallest absolute Gasteiger partial charge is 0.248 e. The monoisotopic (exact) mass is 373 g/mol. The second kappa shape index (κ2) is 8.74. The molecule has 0 aromatic heterocycles. The average molecular weight is 374 g/mol. The fourth-order valence-corrected chi connectivity index (χ4v) is 2.87. The van der Waals surface area contributed by atoms with Crippen molar-refractivity contribution in [1.82, 2.24) is 0 Å². The van der Waals surface area contributed by atoms with Gasteiger partial charge in [0.05, 0.1) is 23.9 Å². The number of fused-ring (bicyclic) bond motifs is 1. The van der Waals surface area contributed by atoms with E-state index in [2.05, 4.69) is 5.32 Å². The summed E-state index contributed by atoms with van der Waals surface area (Å²) in [5, 5.41) is 3.23. The van der Waals surface area contributed by atoms with Crippen LogP contribution in [0.25, 0.3) is 6.08 Å². The van der Waals surface area contributed by atoms with Gasteiger partial charge in [-0.05, 0) is 41.5 Å². The van der Waals surface area contributed by atoms with Crippen LogP contribution in [-0.2, 0) is 16.0 Å². The Bertz CT molecular complexity index is 819. The van der Waals surface area contributed by atoms with Crippen molar-refractivity contribution >= 4 is 29.3 Å². The maximum Gasteiger partial charge on any atom is 0.248 e. The Morgan fingerprint density at radius 3 is 3.04 bits per heavy atom. The van der Waals surface area contributed by atoms with Crippen molar-refractivity contribution in [3.63, 3.8) is 0 Å². The Balaban J connectivity index is 1.67.